The van der Waals surface area contributed by atoms with Crippen LogP contribution >= 0.6 is 0 Å². The zero-order chi connectivity index (χ0) is 24.5. The first-order chi connectivity index (χ1) is 16.9. The molecule has 0 spiro atoms. The van der Waals surface area contributed by atoms with E-state index in [0.717, 1.165) is 5.39 Å². The summed E-state index contributed by atoms with van der Waals surface area (Å²) in [6, 6.07) is 21.8. The van der Waals surface area contributed by atoms with Crippen molar-refractivity contribution in [2.24, 2.45) is 5.92 Å². The molecular weight excluding hydrogens is 448 g/mol. The van der Waals surface area contributed by atoms with Crippen LogP contribution in [0.4, 0.5) is 17.1 Å². The number of nitro benzene ring substituents is 2. The number of fused-ring (bicyclic) bond motifs is 1. The molecule has 5 rings (SSSR count). The van der Waals surface area contributed by atoms with Crippen molar-refractivity contribution in [1.82, 2.24) is 4.98 Å². The van der Waals surface area contributed by atoms with E-state index >= 15 is 0 Å². The monoisotopic (exact) mass is 468 g/mol. The van der Waals surface area contributed by atoms with Gasteiger partial charge in [0.05, 0.1) is 27.0 Å². The lowest BCUT2D eigenvalue weighted by atomic mass is 9.59. The first-order valence-electron chi connectivity index (χ1n) is 11.1. The van der Waals surface area contributed by atoms with E-state index in [4.69, 9.17) is 0 Å². The zero-order valence-corrected chi connectivity index (χ0v) is 18.4. The maximum atomic E-state index is 13.6. The van der Waals surface area contributed by atoms with Crippen LogP contribution in [0.25, 0.3) is 10.9 Å². The number of carbonyl (C=O) groups is 1. The van der Waals surface area contributed by atoms with Gasteiger partial charge in [-0.15, -0.1) is 0 Å². The Kier molecular flexibility index (Phi) is 5.66. The van der Waals surface area contributed by atoms with Gasteiger partial charge in [0.2, 0.25) is 5.91 Å². The third kappa shape index (κ3) is 4.19. The summed E-state index contributed by atoms with van der Waals surface area (Å²) in [4.78, 5) is 39.7. The standard InChI is InChI=1S/C26H20N4O5/c31-26(28-23-11-3-5-16-8-4-12-27-25(16)23)24-21(17-6-1-9-19(13-17)29(32)33)15-22(24)18-7-2-10-20(14-18)30(34)35/h1-14,21-22,24H,15H2,(H,28,31)/t21-,22+,24?. The highest BCUT2D eigenvalue weighted by molar-refractivity contribution is 6.02. The zero-order valence-electron chi connectivity index (χ0n) is 18.4. The SMILES string of the molecule is O=C(Nc1cccc2cccnc12)C1[C@@H](c2cccc([N+](=O)[O-])c2)C[C@H]1c1cccc([N+](=O)[O-])c1. The van der Waals surface area contributed by atoms with Crippen LogP contribution < -0.4 is 5.32 Å². The lowest BCUT2D eigenvalue weighted by molar-refractivity contribution is -0.385. The molecule has 1 N–H and O–H groups in total. The molecule has 1 amide bonds. The molecule has 1 saturated carbocycles. The number of nitrogens with zero attached hydrogens (tertiary/aromatic N) is 3. The number of pyridine rings is 1. The van der Waals surface area contributed by atoms with E-state index in [9.17, 15) is 25.0 Å². The molecule has 9 heteroatoms. The molecule has 3 aromatic carbocycles. The summed E-state index contributed by atoms with van der Waals surface area (Å²) in [5, 5.41) is 26.5. The molecule has 1 heterocycles. The predicted octanol–water partition coefficient (Wildman–Crippen LogP) is 5.58. The number of hydrogen-bond donors (Lipinski definition) is 1. The van der Waals surface area contributed by atoms with Gasteiger partial charge in [0, 0.05) is 35.8 Å². The quantitative estimate of drug-likeness (QED) is 0.291. The number of nitro groups is 2. The van der Waals surface area contributed by atoms with Gasteiger partial charge in [0.15, 0.2) is 0 Å². The summed E-state index contributed by atoms with van der Waals surface area (Å²) in [5.41, 5.74) is 2.52. The Morgan fingerprint density at radius 3 is 2.00 bits per heavy atom. The topological polar surface area (TPSA) is 128 Å². The minimum absolute atomic E-state index is 0.0429. The second-order valence-corrected chi connectivity index (χ2v) is 8.55. The molecule has 1 unspecified atom stereocenters. The highest BCUT2D eigenvalue weighted by atomic mass is 16.6. The van der Waals surface area contributed by atoms with Crippen molar-refractivity contribution in [2.75, 3.05) is 5.32 Å². The fourth-order valence-corrected chi connectivity index (χ4v) is 4.86. The second-order valence-electron chi connectivity index (χ2n) is 8.55. The molecule has 1 fully saturated rings. The molecule has 4 aromatic rings. The lowest BCUT2D eigenvalue weighted by Crippen LogP contribution is -2.42. The van der Waals surface area contributed by atoms with Crippen molar-refractivity contribution < 1.29 is 14.6 Å². The van der Waals surface area contributed by atoms with Crippen molar-refractivity contribution in [3.8, 4) is 0 Å². The van der Waals surface area contributed by atoms with Crippen LogP contribution in [0, 0.1) is 26.1 Å². The molecule has 174 valence electrons. The fourth-order valence-electron chi connectivity index (χ4n) is 4.86. The molecule has 0 radical (unpaired) electrons. The number of aromatic nitrogens is 1. The van der Waals surface area contributed by atoms with Crippen LogP contribution in [-0.4, -0.2) is 20.7 Å². The van der Waals surface area contributed by atoms with Crippen LogP contribution in [0.1, 0.15) is 29.4 Å². The molecule has 0 bridgehead atoms. The summed E-state index contributed by atoms with van der Waals surface area (Å²) < 4.78 is 0. The Morgan fingerprint density at radius 2 is 1.40 bits per heavy atom. The van der Waals surface area contributed by atoms with E-state index in [2.05, 4.69) is 10.3 Å². The number of amides is 1. The number of nitrogens with one attached hydrogen (secondary N) is 1. The van der Waals surface area contributed by atoms with Crippen LogP contribution in [0.5, 0.6) is 0 Å². The van der Waals surface area contributed by atoms with Gasteiger partial charge in [-0.25, -0.2) is 0 Å². The Balaban J connectivity index is 1.51. The van der Waals surface area contributed by atoms with E-state index in [1.54, 1.807) is 36.5 Å². The van der Waals surface area contributed by atoms with Gasteiger partial charge in [0.25, 0.3) is 11.4 Å². The van der Waals surface area contributed by atoms with Gasteiger partial charge in [-0.05, 0) is 41.5 Å². The highest BCUT2D eigenvalue weighted by Crippen LogP contribution is 2.54. The van der Waals surface area contributed by atoms with Crippen LogP contribution in [0.3, 0.4) is 0 Å². The summed E-state index contributed by atoms with van der Waals surface area (Å²) >= 11 is 0. The largest absolute Gasteiger partial charge is 0.324 e. The van der Waals surface area contributed by atoms with Gasteiger partial charge in [-0.2, -0.15) is 0 Å². The van der Waals surface area contributed by atoms with Crippen molar-refractivity contribution >= 4 is 33.9 Å². The summed E-state index contributed by atoms with van der Waals surface area (Å²) in [5.74, 6) is -1.38. The number of anilines is 1. The summed E-state index contributed by atoms with van der Waals surface area (Å²) in [6.07, 6.45) is 2.19. The number of non-ortho nitro benzene ring substituents is 2. The Labute approximate surface area is 199 Å². The maximum absolute atomic E-state index is 13.6. The second kappa shape index (κ2) is 8.94. The number of hydrogen-bond acceptors (Lipinski definition) is 6. The Bertz CT molecular complexity index is 1400. The summed E-state index contributed by atoms with van der Waals surface area (Å²) in [7, 11) is 0. The average molecular weight is 468 g/mol. The number of carbonyl (C=O) groups excluding carboxylic acids is 1. The van der Waals surface area contributed by atoms with Gasteiger partial charge in [0.1, 0.15) is 0 Å². The molecule has 0 saturated heterocycles. The fraction of sp³-hybridized carbons (Fsp3) is 0.154. The van der Waals surface area contributed by atoms with Crippen molar-refractivity contribution in [1.29, 1.82) is 0 Å². The minimum atomic E-state index is -0.571. The third-order valence-electron chi connectivity index (χ3n) is 6.59. The van der Waals surface area contributed by atoms with E-state index in [-0.39, 0.29) is 29.1 Å². The third-order valence-corrected chi connectivity index (χ3v) is 6.59. The number of benzene rings is 3. The van der Waals surface area contributed by atoms with Gasteiger partial charge in [-0.3, -0.25) is 30.0 Å². The normalized spacial score (nSPS) is 19.0. The Hall–Kier alpha value is -4.66. The molecule has 3 atom stereocenters. The minimum Gasteiger partial charge on any atom is -0.324 e. The van der Waals surface area contributed by atoms with E-state index < -0.39 is 15.8 Å². The average Bonchev–Trinajstić information content (AvgIpc) is 2.84. The van der Waals surface area contributed by atoms with Crippen molar-refractivity contribution in [2.45, 2.75) is 18.3 Å². The van der Waals surface area contributed by atoms with Gasteiger partial charge in [-0.1, -0.05) is 42.5 Å². The molecular formula is C26H20N4O5. The van der Waals surface area contributed by atoms with Crippen LogP contribution in [0.15, 0.2) is 85.1 Å². The molecule has 1 aromatic heterocycles. The van der Waals surface area contributed by atoms with Crippen LogP contribution in [-0.2, 0) is 4.79 Å². The lowest BCUT2D eigenvalue weighted by Gasteiger charge is -2.44. The molecule has 1 aliphatic carbocycles. The maximum Gasteiger partial charge on any atom is 0.269 e. The summed E-state index contributed by atoms with van der Waals surface area (Å²) in [6.45, 7) is 0. The first-order valence-corrected chi connectivity index (χ1v) is 11.1. The van der Waals surface area contributed by atoms with Gasteiger partial charge < -0.3 is 5.32 Å². The van der Waals surface area contributed by atoms with Crippen LogP contribution in [0.2, 0.25) is 0 Å². The smallest absolute Gasteiger partial charge is 0.269 e. The van der Waals surface area contributed by atoms with E-state index in [0.29, 0.717) is 28.8 Å². The highest BCUT2D eigenvalue weighted by Gasteiger charge is 2.47. The Morgan fingerprint density at radius 1 is 0.829 bits per heavy atom. The molecule has 1 aliphatic rings. The predicted molar refractivity (Wildman–Crippen MR) is 130 cm³/mol. The van der Waals surface area contributed by atoms with Crippen molar-refractivity contribution in [3.63, 3.8) is 0 Å². The van der Waals surface area contributed by atoms with E-state index in [1.165, 1.54) is 24.3 Å². The molecule has 9 nitrogen and oxygen atoms in total. The molecule has 35 heavy (non-hydrogen) atoms. The first kappa shape index (κ1) is 22.1. The van der Waals surface area contributed by atoms with Gasteiger partial charge >= 0.3 is 0 Å². The number of rotatable bonds is 6. The molecule has 0 aliphatic heterocycles. The number of para-hydroxylation sites is 1. The van der Waals surface area contributed by atoms with E-state index in [1.807, 2.05) is 24.3 Å². The van der Waals surface area contributed by atoms with Crippen molar-refractivity contribution in [3.05, 3.63) is 116 Å².